The summed E-state index contributed by atoms with van der Waals surface area (Å²) in [6.07, 6.45) is 6.33. The molecule has 0 bridgehead atoms. The van der Waals surface area contributed by atoms with Crippen molar-refractivity contribution >= 4 is 23.6 Å². The van der Waals surface area contributed by atoms with E-state index in [1.807, 2.05) is 11.0 Å². The first-order valence-electron chi connectivity index (χ1n) is 8.55. The van der Waals surface area contributed by atoms with E-state index in [0.717, 1.165) is 18.7 Å². The third kappa shape index (κ3) is 4.95. The van der Waals surface area contributed by atoms with E-state index in [4.69, 9.17) is 14.2 Å². The predicted octanol–water partition coefficient (Wildman–Crippen LogP) is 1.98. The summed E-state index contributed by atoms with van der Waals surface area (Å²) in [5, 5.41) is 2.74. The third-order valence-electron chi connectivity index (χ3n) is 4.03. The number of morpholine rings is 1. The minimum absolute atomic E-state index is 0.271. The van der Waals surface area contributed by atoms with E-state index >= 15 is 0 Å². The van der Waals surface area contributed by atoms with Gasteiger partial charge in [-0.3, -0.25) is 4.79 Å². The lowest BCUT2D eigenvalue weighted by atomic mass is 10.2. The molecule has 2 aromatic rings. The molecule has 2 heterocycles. The number of ether oxygens (including phenoxy) is 3. The van der Waals surface area contributed by atoms with Gasteiger partial charge in [-0.05, 0) is 23.8 Å². The van der Waals surface area contributed by atoms with Crippen LogP contribution in [-0.2, 0) is 9.53 Å². The molecule has 1 saturated heterocycles. The van der Waals surface area contributed by atoms with Crippen LogP contribution in [0, 0.1) is 0 Å². The van der Waals surface area contributed by atoms with Crippen LogP contribution in [-0.4, -0.2) is 56.4 Å². The van der Waals surface area contributed by atoms with Crippen LogP contribution in [0.25, 0.3) is 6.08 Å². The lowest BCUT2D eigenvalue weighted by molar-refractivity contribution is -0.111. The molecular weight excluding hydrogens is 348 g/mol. The van der Waals surface area contributed by atoms with Gasteiger partial charge >= 0.3 is 0 Å². The molecule has 1 fully saturated rings. The number of aromatic nitrogens is 2. The second-order valence-electron chi connectivity index (χ2n) is 5.81. The van der Waals surface area contributed by atoms with E-state index in [1.165, 1.54) is 6.08 Å². The summed E-state index contributed by atoms with van der Waals surface area (Å²) in [6, 6.07) is 5.42. The lowest BCUT2D eigenvalue weighted by Gasteiger charge is -2.26. The molecule has 0 atom stereocenters. The fraction of sp³-hybridized carbons (Fsp3) is 0.316. The molecule has 8 heteroatoms. The Morgan fingerprint density at radius 2 is 1.85 bits per heavy atom. The minimum atomic E-state index is -0.271. The van der Waals surface area contributed by atoms with Crippen LogP contribution in [0.2, 0.25) is 0 Å². The zero-order valence-corrected chi connectivity index (χ0v) is 15.3. The van der Waals surface area contributed by atoms with Crippen molar-refractivity contribution in [1.82, 2.24) is 9.97 Å². The Hall–Kier alpha value is -3.13. The Bertz CT molecular complexity index is 802. The third-order valence-corrected chi connectivity index (χ3v) is 4.03. The fourth-order valence-electron chi connectivity index (χ4n) is 2.62. The van der Waals surface area contributed by atoms with Gasteiger partial charge in [0.1, 0.15) is 0 Å². The molecule has 27 heavy (non-hydrogen) atoms. The maximum Gasteiger partial charge on any atom is 0.248 e. The molecule has 1 aliphatic rings. The van der Waals surface area contributed by atoms with E-state index in [2.05, 4.69) is 15.3 Å². The van der Waals surface area contributed by atoms with Crippen molar-refractivity contribution in [2.45, 2.75) is 0 Å². The molecule has 8 nitrogen and oxygen atoms in total. The summed E-state index contributed by atoms with van der Waals surface area (Å²) in [4.78, 5) is 22.8. The highest BCUT2D eigenvalue weighted by Gasteiger charge is 2.13. The Kier molecular flexibility index (Phi) is 6.22. The Morgan fingerprint density at radius 3 is 2.52 bits per heavy atom. The Morgan fingerprint density at radius 1 is 1.15 bits per heavy atom. The molecular formula is C19H22N4O4. The number of hydrogen-bond acceptors (Lipinski definition) is 7. The first-order chi connectivity index (χ1) is 13.2. The van der Waals surface area contributed by atoms with E-state index < -0.39 is 0 Å². The standard InChI is InChI=1S/C19H22N4O4/c1-25-16-5-3-14(11-17(16)26-2)4-6-18(24)22-15-12-20-19(21-13-15)23-7-9-27-10-8-23/h3-6,11-13H,7-10H2,1-2H3,(H,22,24). The second-order valence-corrected chi connectivity index (χ2v) is 5.81. The highest BCUT2D eigenvalue weighted by Crippen LogP contribution is 2.27. The summed E-state index contributed by atoms with van der Waals surface area (Å²) >= 11 is 0. The molecule has 1 aromatic carbocycles. The number of methoxy groups -OCH3 is 2. The van der Waals surface area contributed by atoms with Gasteiger partial charge in [0, 0.05) is 19.2 Å². The summed E-state index contributed by atoms with van der Waals surface area (Å²) < 4.78 is 15.8. The van der Waals surface area contributed by atoms with Crippen molar-refractivity contribution in [1.29, 1.82) is 0 Å². The number of carbonyl (C=O) groups excluding carboxylic acids is 1. The van der Waals surface area contributed by atoms with Crippen molar-refractivity contribution in [3.63, 3.8) is 0 Å². The summed E-state index contributed by atoms with van der Waals surface area (Å²) in [5.74, 6) is 1.61. The van der Waals surface area contributed by atoms with Gasteiger partial charge in [0.15, 0.2) is 11.5 Å². The van der Waals surface area contributed by atoms with Crippen LogP contribution >= 0.6 is 0 Å². The van der Waals surface area contributed by atoms with Gasteiger partial charge in [-0.2, -0.15) is 0 Å². The molecule has 0 aliphatic carbocycles. The number of nitrogens with one attached hydrogen (secondary N) is 1. The molecule has 1 aliphatic heterocycles. The average molecular weight is 370 g/mol. The van der Waals surface area contributed by atoms with Crippen molar-refractivity contribution < 1.29 is 19.0 Å². The van der Waals surface area contributed by atoms with Gasteiger partial charge in [-0.25, -0.2) is 9.97 Å². The number of benzene rings is 1. The molecule has 1 amide bonds. The topological polar surface area (TPSA) is 85.8 Å². The number of rotatable bonds is 6. The Balaban J connectivity index is 1.59. The van der Waals surface area contributed by atoms with Crippen LogP contribution in [0.15, 0.2) is 36.7 Å². The highest BCUT2D eigenvalue weighted by molar-refractivity contribution is 6.01. The van der Waals surface area contributed by atoms with Crippen LogP contribution < -0.4 is 19.7 Å². The fourth-order valence-corrected chi connectivity index (χ4v) is 2.62. The normalized spacial score (nSPS) is 14.2. The molecule has 0 spiro atoms. The van der Waals surface area contributed by atoms with Gasteiger partial charge < -0.3 is 24.4 Å². The molecule has 0 unspecified atom stereocenters. The molecule has 0 radical (unpaired) electrons. The molecule has 1 N–H and O–H groups in total. The Labute approximate surface area is 157 Å². The molecule has 3 rings (SSSR count). The van der Waals surface area contributed by atoms with Crippen molar-refractivity contribution in [2.75, 3.05) is 50.7 Å². The van der Waals surface area contributed by atoms with E-state index in [-0.39, 0.29) is 5.91 Å². The van der Waals surface area contributed by atoms with Crippen LogP contribution in [0.1, 0.15) is 5.56 Å². The number of carbonyl (C=O) groups is 1. The van der Waals surface area contributed by atoms with Gasteiger partial charge in [-0.1, -0.05) is 6.07 Å². The van der Waals surface area contributed by atoms with Crippen LogP contribution in [0.4, 0.5) is 11.6 Å². The maximum atomic E-state index is 12.1. The molecule has 0 saturated carbocycles. The average Bonchev–Trinajstić information content (AvgIpc) is 2.73. The zero-order chi connectivity index (χ0) is 19.1. The summed E-state index contributed by atoms with van der Waals surface area (Å²) in [5.41, 5.74) is 1.36. The summed E-state index contributed by atoms with van der Waals surface area (Å²) in [6.45, 7) is 2.87. The molecule has 142 valence electrons. The number of amides is 1. The maximum absolute atomic E-state index is 12.1. The second kappa shape index (κ2) is 9.00. The van der Waals surface area contributed by atoms with E-state index in [0.29, 0.717) is 36.3 Å². The SMILES string of the molecule is COc1ccc(C=CC(=O)Nc2cnc(N3CCOCC3)nc2)cc1OC. The number of anilines is 2. The monoisotopic (exact) mass is 370 g/mol. The van der Waals surface area contributed by atoms with Gasteiger partial charge in [0.25, 0.3) is 0 Å². The van der Waals surface area contributed by atoms with E-state index in [1.54, 1.807) is 44.8 Å². The number of nitrogens with zero attached hydrogens (tertiary/aromatic N) is 3. The highest BCUT2D eigenvalue weighted by atomic mass is 16.5. The van der Waals surface area contributed by atoms with Gasteiger partial charge in [-0.15, -0.1) is 0 Å². The van der Waals surface area contributed by atoms with Gasteiger partial charge in [0.05, 0.1) is 45.5 Å². The van der Waals surface area contributed by atoms with E-state index in [9.17, 15) is 4.79 Å². The van der Waals surface area contributed by atoms with Crippen molar-refractivity contribution in [3.8, 4) is 11.5 Å². The van der Waals surface area contributed by atoms with Gasteiger partial charge in [0.2, 0.25) is 11.9 Å². The zero-order valence-electron chi connectivity index (χ0n) is 15.3. The first kappa shape index (κ1) is 18.7. The summed E-state index contributed by atoms with van der Waals surface area (Å²) in [7, 11) is 3.14. The predicted molar refractivity (Wildman–Crippen MR) is 102 cm³/mol. The first-order valence-corrected chi connectivity index (χ1v) is 8.55. The minimum Gasteiger partial charge on any atom is -0.493 e. The van der Waals surface area contributed by atoms with Crippen LogP contribution in [0.3, 0.4) is 0 Å². The smallest absolute Gasteiger partial charge is 0.248 e. The van der Waals surface area contributed by atoms with Crippen molar-refractivity contribution in [2.24, 2.45) is 0 Å². The number of hydrogen-bond donors (Lipinski definition) is 1. The largest absolute Gasteiger partial charge is 0.493 e. The quantitative estimate of drug-likeness (QED) is 0.778. The van der Waals surface area contributed by atoms with Crippen LogP contribution in [0.5, 0.6) is 11.5 Å². The van der Waals surface area contributed by atoms with Crippen molar-refractivity contribution in [3.05, 3.63) is 42.2 Å². The molecule has 1 aromatic heterocycles. The lowest BCUT2D eigenvalue weighted by Crippen LogP contribution is -2.37.